The summed E-state index contributed by atoms with van der Waals surface area (Å²) < 4.78 is 0. The van der Waals surface area contributed by atoms with Gasteiger partial charge < -0.3 is 4.90 Å². The van der Waals surface area contributed by atoms with E-state index in [9.17, 15) is 14.4 Å². The third-order valence-electron chi connectivity index (χ3n) is 6.53. The van der Waals surface area contributed by atoms with Gasteiger partial charge in [-0.3, -0.25) is 24.4 Å². The predicted molar refractivity (Wildman–Crippen MR) is 124 cm³/mol. The normalized spacial score (nSPS) is 16.1. The van der Waals surface area contributed by atoms with Crippen LogP contribution in [0.4, 0.5) is 0 Å². The van der Waals surface area contributed by atoms with Crippen molar-refractivity contribution in [3.63, 3.8) is 0 Å². The van der Waals surface area contributed by atoms with Gasteiger partial charge in [-0.15, -0.1) is 0 Å². The summed E-state index contributed by atoms with van der Waals surface area (Å²) in [6.07, 6.45) is 1.33. The maximum atomic E-state index is 13.4. The van der Waals surface area contributed by atoms with Crippen molar-refractivity contribution in [1.29, 1.82) is 0 Å². The van der Waals surface area contributed by atoms with Crippen molar-refractivity contribution in [2.75, 3.05) is 6.54 Å². The van der Waals surface area contributed by atoms with Gasteiger partial charge >= 0.3 is 0 Å². The Bertz CT molecular complexity index is 1280. The van der Waals surface area contributed by atoms with Crippen molar-refractivity contribution in [1.82, 2.24) is 20.0 Å². The van der Waals surface area contributed by atoms with Gasteiger partial charge in [0, 0.05) is 53.0 Å². The minimum atomic E-state index is -0.334. The Kier molecular flexibility index (Phi) is 5.29. The van der Waals surface area contributed by atoms with Crippen LogP contribution in [-0.2, 0) is 13.0 Å². The fraction of sp³-hybridized carbons (Fsp3) is 0.280. The topological polar surface area (TPSA) is 86.4 Å². The van der Waals surface area contributed by atoms with Crippen LogP contribution < -0.4 is 0 Å². The summed E-state index contributed by atoms with van der Waals surface area (Å²) in [5.41, 5.74) is 4.79. The van der Waals surface area contributed by atoms with Gasteiger partial charge in [0.1, 0.15) is 0 Å². The number of nitrogens with zero attached hydrogens (tertiary/aromatic N) is 3. The first-order valence-electron chi connectivity index (χ1n) is 11.0. The molecule has 0 aliphatic carbocycles. The van der Waals surface area contributed by atoms with Crippen LogP contribution in [0.15, 0.2) is 42.5 Å². The molecule has 5 rings (SSSR count). The SMILES string of the molecule is CCC(C)N1C(=O)c2ccc(C(=O)N3CCc4[nH]nc(-c5ccc(Cl)cc5)c4C3)cc2C1=O. The largest absolute Gasteiger partial charge is 0.334 e. The molecule has 3 amide bonds. The molecule has 1 atom stereocenters. The molecule has 3 aromatic rings. The number of aromatic amines is 1. The Morgan fingerprint density at radius 1 is 1.12 bits per heavy atom. The third kappa shape index (κ3) is 3.53. The van der Waals surface area contributed by atoms with E-state index in [1.165, 1.54) is 4.90 Å². The number of carbonyl (C=O) groups is 3. The molecule has 0 fully saturated rings. The highest BCUT2D eigenvalue weighted by Gasteiger charge is 2.38. The molecule has 0 radical (unpaired) electrons. The van der Waals surface area contributed by atoms with Gasteiger partial charge in [0.2, 0.25) is 0 Å². The van der Waals surface area contributed by atoms with E-state index in [0.29, 0.717) is 47.6 Å². The molecule has 1 N–H and O–H groups in total. The van der Waals surface area contributed by atoms with Crippen molar-refractivity contribution in [2.45, 2.75) is 39.3 Å². The quantitative estimate of drug-likeness (QED) is 0.585. The number of H-pyrrole nitrogens is 1. The van der Waals surface area contributed by atoms with E-state index in [1.807, 2.05) is 38.1 Å². The summed E-state index contributed by atoms with van der Waals surface area (Å²) in [6, 6.07) is 12.0. The van der Waals surface area contributed by atoms with Crippen LogP contribution in [-0.4, -0.2) is 50.3 Å². The lowest BCUT2D eigenvalue weighted by molar-refractivity contribution is 0.0593. The van der Waals surface area contributed by atoms with E-state index in [-0.39, 0.29) is 23.8 Å². The van der Waals surface area contributed by atoms with Gasteiger partial charge in [-0.1, -0.05) is 30.7 Å². The van der Waals surface area contributed by atoms with E-state index in [4.69, 9.17) is 11.6 Å². The molecule has 2 aliphatic heterocycles. The number of fused-ring (bicyclic) bond motifs is 2. The summed E-state index contributed by atoms with van der Waals surface area (Å²) in [6.45, 7) is 4.73. The highest BCUT2D eigenvalue weighted by molar-refractivity contribution is 6.30. The second-order valence-electron chi connectivity index (χ2n) is 8.51. The number of nitrogens with one attached hydrogen (secondary N) is 1. The van der Waals surface area contributed by atoms with Crippen LogP contribution in [0.3, 0.4) is 0 Å². The van der Waals surface area contributed by atoms with Crippen LogP contribution >= 0.6 is 11.6 Å². The second kappa shape index (κ2) is 8.15. The van der Waals surface area contributed by atoms with Crippen molar-refractivity contribution >= 4 is 29.3 Å². The van der Waals surface area contributed by atoms with Gasteiger partial charge in [0.05, 0.1) is 16.8 Å². The molecule has 2 aliphatic rings. The first-order chi connectivity index (χ1) is 15.9. The molecule has 3 heterocycles. The Morgan fingerprint density at radius 2 is 1.85 bits per heavy atom. The molecule has 0 spiro atoms. The van der Waals surface area contributed by atoms with Crippen molar-refractivity contribution in [3.8, 4) is 11.3 Å². The molecule has 0 saturated heterocycles. The lowest BCUT2D eigenvalue weighted by Gasteiger charge is -2.27. The highest BCUT2D eigenvalue weighted by atomic mass is 35.5. The van der Waals surface area contributed by atoms with Crippen LogP contribution in [0.25, 0.3) is 11.3 Å². The first-order valence-corrected chi connectivity index (χ1v) is 11.4. The molecule has 168 valence electrons. The number of amides is 3. The van der Waals surface area contributed by atoms with Crippen LogP contribution in [0.1, 0.15) is 62.6 Å². The van der Waals surface area contributed by atoms with E-state index in [2.05, 4.69) is 10.2 Å². The Labute approximate surface area is 196 Å². The Hall–Kier alpha value is -3.45. The number of rotatable bonds is 4. The number of halogens is 1. The smallest absolute Gasteiger partial charge is 0.261 e. The van der Waals surface area contributed by atoms with Gasteiger partial charge in [-0.05, 0) is 43.7 Å². The van der Waals surface area contributed by atoms with Crippen LogP contribution in [0.2, 0.25) is 5.02 Å². The van der Waals surface area contributed by atoms with Gasteiger partial charge in [-0.25, -0.2) is 0 Å². The number of aromatic nitrogens is 2. The van der Waals surface area contributed by atoms with E-state index >= 15 is 0 Å². The van der Waals surface area contributed by atoms with Gasteiger partial charge in [0.15, 0.2) is 0 Å². The summed E-state index contributed by atoms with van der Waals surface area (Å²) in [5, 5.41) is 8.21. The molecule has 33 heavy (non-hydrogen) atoms. The average molecular weight is 463 g/mol. The maximum Gasteiger partial charge on any atom is 0.261 e. The lowest BCUT2D eigenvalue weighted by atomic mass is 9.99. The molecular formula is C25H23ClN4O3. The van der Waals surface area contributed by atoms with Crippen LogP contribution in [0.5, 0.6) is 0 Å². The lowest BCUT2D eigenvalue weighted by Crippen LogP contribution is -2.37. The van der Waals surface area contributed by atoms with Gasteiger partial charge in [0.25, 0.3) is 17.7 Å². The zero-order chi connectivity index (χ0) is 23.3. The van der Waals surface area contributed by atoms with Gasteiger partial charge in [-0.2, -0.15) is 5.10 Å². The fourth-order valence-corrected chi connectivity index (χ4v) is 4.60. The van der Waals surface area contributed by atoms with E-state index in [1.54, 1.807) is 23.1 Å². The first kappa shape index (κ1) is 21.4. The zero-order valence-corrected chi connectivity index (χ0v) is 19.1. The molecule has 0 saturated carbocycles. The molecular weight excluding hydrogens is 440 g/mol. The number of hydrogen-bond donors (Lipinski definition) is 1. The molecule has 7 nitrogen and oxygen atoms in total. The fourth-order valence-electron chi connectivity index (χ4n) is 4.47. The van der Waals surface area contributed by atoms with E-state index in [0.717, 1.165) is 22.5 Å². The number of carbonyl (C=O) groups excluding carboxylic acids is 3. The van der Waals surface area contributed by atoms with Crippen LogP contribution in [0, 0.1) is 0 Å². The monoisotopic (exact) mass is 462 g/mol. The molecule has 2 aromatic carbocycles. The van der Waals surface area contributed by atoms with Crippen molar-refractivity contribution in [3.05, 3.63) is 75.4 Å². The standard InChI is InChI=1S/C25H23ClN4O3/c1-3-14(2)30-24(32)18-9-6-16(12-19(18)25(30)33)23(31)29-11-10-21-20(13-29)22(28-27-21)15-4-7-17(26)8-5-15/h4-9,12,14H,3,10-11,13H2,1-2H3,(H,27,28). The van der Waals surface area contributed by atoms with Crippen molar-refractivity contribution < 1.29 is 14.4 Å². The number of hydrogen-bond acceptors (Lipinski definition) is 4. The predicted octanol–water partition coefficient (Wildman–Crippen LogP) is 4.32. The summed E-state index contributed by atoms with van der Waals surface area (Å²) in [5.74, 6) is -0.800. The minimum Gasteiger partial charge on any atom is -0.334 e. The highest BCUT2D eigenvalue weighted by Crippen LogP contribution is 2.31. The molecule has 1 aromatic heterocycles. The molecule has 0 bridgehead atoms. The summed E-state index contributed by atoms with van der Waals surface area (Å²) in [7, 11) is 0. The summed E-state index contributed by atoms with van der Waals surface area (Å²) >= 11 is 6.01. The Balaban J connectivity index is 1.41. The Morgan fingerprint density at radius 3 is 2.58 bits per heavy atom. The summed E-state index contributed by atoms with van der Waals surface area (Å²) in [4.78, 5) is 41.9. The number of benzene rings is 2. The molecule has 8 heteroatoms. The number of imide groups is 1. The van der Waals surface area contributed by atoms with Crippen molar-refractivity contribution in [2.24, 2.45) is 0 Å². The zero-order valence-electron chi connectivity index (χ0n) is 18.4. The third-order valence-corrected chi connectivity index (χ3v) is 6.79. The molecule has 1 unspecified atom stereocenters. The second-order valence-corrected chi connectivity index (χ2v) is 8.95. The maximum absolute atomic E-state index is 13.4. The van der Waals surface area contributed by atoms with E-state index < -0.39 is 0 Å². The average Bonchev–Trinajstić information content (AvgIpc) is 3.36. The minimum absolute atomic E-state index is 0.172.